The van der Waals surface area contributed by atoms with E-state index in [0.717, 1.165) is 21.7 Å². The Balaban J connectivity index is 2.22. The Bertz CT molecular complexity index is 1100. The van der Waals surface area contributed by atoms with Crippen LogP contribution in [0.1, 0.15) is 51.2 Å². The summed E-state index contributed by atoms with van der Waals surface area (Å²) in [7, 11) is -3.75. The van der Waals surface area contributed by atoms with Crippen molar-refractivity contribution in [1.29, 1.82) is 0 Å². The van der Waals surface area contributed by atoms with Gasteiger partial charge in [-0.3, -0.25) is 13.9 Å². The number of benzene rings is 2. The maximum atomic E-state index is 14.3. The van der Waals surface area contributed by atoms with E-state index in [4.69, 9.17) is 0 Å². The standard InChI is InChI=1S/C26H36FN3O4S/c1-6-23(26(32)28-19(2)3)29(18-21-15-13-20(4)14-16-21)25(31)12-9-17-30(35(5,33)34)24-11-8-7-10-22(24)27/h7-8,10-11,13-16,19,23H,6,9,12,17-18H2,1-5H3,(H,28,32)/t23-/m0/s1. The summed E-state index contributed by atoms with van der Waals surface area (Å²) in [5, 5.41) is 2.88. The number of sulfonamides is 1. The summed E-state index contributed by atoms with van der Waals surface area (Å²) in [6, 6.07) is 12.6. The molecule has 0 saturated carbocycles. The van der Waals surface area contributed by atoms with E-state index in [1.165, 1.54) is 18.2 Å². The molecule has 2 aromatic rings. The Morgan fingerprint density at radius 2 is 1.69 bits per heavy atom. The highest BCUT2D eigenvalue weighted by molar-refractivity contribution is 7.92. The number of nitrogens with one attached hydrogen (secondary N) is 1. The number of halogens is 1. The zero-order valence-corrected chi connectivity index (χ0v) is 21.9. The lowest BCUT2D eigenvalue weighted by molar-refractivity contribution is -0.141. The van der Waals surface area contributed by atoms with Crippen molar-refractivity contribution in [2.45, 2.75) is 65.6 Å². The first-order chi connectivity index (χ1) is 16.4. The molecule has 2 amide bonds. The number of nitrogens with zero attached hydrogens (tertiary/aromatic N) is 2. The maximum Gasteiger partial charge on any atom is 0.243 e. The van der Waals surface area contributed by atoms with Gasteiger partial charge >= 0.3 is 0 Å². The molecule has 7 nitrogen and oxygen atoms in total. The Morgan fingerprint density at radius 3 is 2.23 bits per heavy atom. The molecule has 2 rings (SSSR count). The molecule has 1 N–H and O–H groups in total. The average molecular weight is 506 g/mol. The molecule has 0 aromatic heterocycles. The van der Waals surface area contributed by atoms with Crippen LogP contribution in [0.3, 0.4) is 0 Å². The van der Waals surface area contributed by atoms with Crippen molar-refractivity contribution < 1.29 is 22.4 Å². The fourth-order valence-corrected chi connectivity index (χ4v) is 4.79. The first kappa shape index (κ1) is 28.3. The molecule has 2 aromatic carbocycles. The molecule has 0 fully saturated rings. The van der Waals surface area contributed by atoms with Gasteiger partial charge in [0.2, 0.25) is 21.8 Å². The topological polar surface area (TPSA) is 86.8 Å². The third-order valence-corrected chi connectivity index (χ3v) is 6.74. The van der Waals surface area contributed by atoms with Crippen molar-refractivity contribution in [2.75, 3.05) is 17.1 Å². The molecule has 9 heteroatoms. The smallest absolute Gasteiger partial charge is 0.243 e. The first-order valence-corrected chi connectivity index (χ1v) is 13.7. The minimum Gasteiger partial charge on any atom is -0.352 e. The number of para-hydroxylation sites is 1. The van der Waals surface area contributed by atoms with Gasteiger partial charge in [0.1, 0.15) is 11.9 Å². The fraction of sp³-hybridized carbons (Fsp3) is 0.462. The van der Waals surface area contributed by atoms with E-state index in [-0.39, 0.29) is 49.5 Å². The van der Waals surface area contributed by atoms with Crippen molar-refractivity contribution in [1.82, 2.24) is 10.2 Å². The van der Waals surface area contributed by atoms with E-state index < -0.39 is 21.9 Å². The van der Waals surface area contributed by atoms with Gasteiger partial charge in [-0.25, -0.2) is 12.8 Å². The molecule has 0 radical (unpaired) electrons. The van der Waals surface area contributed by atoms with Crippen LogP contribution in [-0.2, 0) is 26.2 Å². The van der Waals surface area contributed by atoms with Crippen molar-refractivity contribution in [2.24, 2.45) is 0 Å². The van der Waals surface area contributed by atoms with Gasteiger partial charge in [0.25, 0.3) is 0 Å². The number of carbonyl (C=O) groups is 2. The summed E-state index contributed by atoms with van der Waals surface area (Å²) in [6.45, 7) is 7.74. The van der Waals surface area contributed by atoms with Crippen LogP contribution >= 0.6 is 0 Å². The van der Waals surface area contributed by atoms with E-state index in [1.54, 1.807) is 11.0 Å². The zero-order chi connectivity index (χ0) is 26.2. The Labute approximate surface area is 208 Å². The minimum absolute atomic E-state index is 0.0117. The zero-order valence-electron chi connectivity index (χ0n) is 21.1. The molecule has 35 heavy (non-hydrogen) atoms. The van der Waals surface area contributed by atoms with E-state index in [2.05, 4.69) is 5.32 Å². The van der Waals surface area contributed by atoms with Gasteiger partial charge in [-0.2, -0.15) is 0 Å². The molecule has 0 bridgehead atoms. The van der Waals surface area contributed by atoms with E-state index in [0.29, 0.717) is 6.42 Å². The predicted octanol–water partition coefficient (Wildman–Crippen LogP) is 4.01. The van der Waals surface area contributed by atoms with Gasteiger partial charge in [0.15, 0.2) is 0 Å². The minimum atomic E-state index is -3.75. The molecule has 0 heterocycles. The van der Waals surface area contributed by atoms with Crippen LogP contribution in [0.4, 0.5) is 10.1 Å². The first-order valence-electron chi connectivity index (χ1n) is 11.8. The van der Waals surface area contributed by atoms with Crippen LogP contribution in [0.2, 0.25) is 0 Å². The van der Waals surface area contributed by atoms with Gasteiger partial charge < -0.3 is 10.2 Å². The molecular weight excluding hydrogens is 469 g/mol. The van der Waals surface area contributed by atoms with Crippen molar-refractivity contribution in [3.05, 3.63) is 65.5 Å². The van der Waals surface area contributed by atoms with Crippen LogP contribution in [0.25, 0.3) is 0 Å². The molecule has 0 aliphatic rings. The van der Waals surface area contributed by atoms with E-state index in [1.807, 2.05) is 52.0 Å². The van der Waals surface area contributed by atoms with Crippen LogP contribution in [0, 0.1) is 12.7 Å². The van der Waals surface area contributed by atoms with Crippen molar-refractivity contribution >= 4 is 27.5 Å². The Kier molecular flexibility index (Phi) is 10.2. The normalized spacial score (nSPS) is 12.3. The number of carbonyl (C=O) groups excluding carboxylic acids is 2. The highest BCUT2D eigenvalue weighted by atomic mass is 32.2. The summed E-state index contributed by atoms with van der Waals surface area (Å²) < 4.78 is 39.9. The summed E-state index contributed by atoms with van der Waals surface area (Å²) >= 11 is 0. The Morgan fingerprint density at radius 1 is 1.06 bits per heavy atom. The summed E-state index contributed by atoms with van der Waals surface area (Å²) in [4.78, 5) is 27.8. The number of hydrogen-bond acceptors (Lipinski definition) is 4. The lowest BCUT2D eigenvalue weighted by Gasteiger charge is -2.31. The molecule has 192 valence electrons. The highest BCUT2D eigenvalue weighted by Crippen LogP contribution is 2.22. The number of rotatable bonds is 12. The molecule has 0 aliphatic carbocycles. The van der Waals surface area contributed by atoms with E-state index >= 15 is 0 Å². The van der Waals surface area contributed by atoms with Crippen LogP contribution in [0.5, 0.6) is 0 Å². The fourth-order valence-electron chi connectivity index (χ4n) is 3.83. The Hall–Kier alpha value is -2.94. The number of hydrogen-bond donors (Lipinski definition) is 1. The SMILES string of the molecule is CC[C@@H](C(=O)NC(C)C)N(Cc1ccc(C)cc1)C(=O)CCCN(c1ccccc1F)S(C)(=O)=O. The third kappa shape index (κ3) is 8.35. The molecule has 0 saturated heterocycles. The quantitative estimate of drug-likeness (QED) is 0.472. The van der Waals surface area contributed by atoms with Gasteiger partial charge in [-0.1, -0.05) is 48.9 Å². The van der Waals surface area contributed by atoms with Gasteiger partial charge in [0, 0.05) is 25.6 Å². The van der Waals surface area contributed by atoms with Gasteiger partial charge in [-0.15, -0.1) is 0 Å². The average Bonchev–Trinajstić information content (AvgIpc) is 2.77. The van der Waals surface area contributed by atoms with Crippen molar-refractivity contribution in [3.63, 3.8) is 0 Å². The predicted molar refractivity (Wildman–Crippen MR) is 137 cm³/mol. The van der Waals surface area contributed by atoms with Gasteiger partial charge in [-0.05, 0) is 51.3 Å². The second-order valence-electron chi connectivity index (χ2n) is 8.98. The molecule has 0 spiro atoms. The largest absolute Gasteiger partial charge is 0.352 e. The second-order valence-corrected chi connectivity index (χ2v) is 10.9. The summed E-state index contributed by atoms with van der Waals surface area (Å²) in [6.07, 6.45) is 1.62. The number of amides is 2. The lowest BCUT2D eigenvalue weighted by atomic mass is 10.1. The van der Waals surface area contributed by atoms with Crippen LogP contribution in [0.15, 0.2) is 48.5 Å². The molecule has 0 unspecified atom stereocenters. The molecule has 0 aliphatic heterocycles. The summed E-state index contributed by atoms with van der Waals surface area (Å²) in [5.74, 6) is -1.15. The molecule has 1 atom stereocenters. The number of anilines is 1. The third-order valence-electron chi connectivity index (χ3n) is 5.56. The van der Waals surface area contributed by atoms with Crippen LogP contribution < -0.4 is 9.62 Å². The highest BCUT2D eigenvalue weighted by Gasteiger charge is 2.29. The van der Waals surface area contributed by atoms with Crippen LogP contribution in [-0.4, -0.2) is 50.0 Å². The monoisotopic (exact) mass is 505 g/mol. The lowest BCUT2D eigenvalue weighted by Crippen LogP contribution is -2.50. The summed E-state index contributed by atoms with van der Waals surface area (Å²) in [5.41, 5.74) is 1.93. The van der Waals surface area contributed by atoms with Crippen molar-refractivity contribution in [3.8, 4) is 0 Å². The maximum absolute atomic E-state index is 14.3. The van der Waals surface area contributed by atoms with E-state index in [9.17, 15) is 22.4 Å². The number of aryl methyl sites for hydroxylation is 1. The molecular formula is C26H36FN3O4S. The second kappa shape index (κ2) is 12.7. The van der Waals surface area contributed by atoms with Gasteiger partial charge in [0.05, 0.1) is 11.9 Å².